The standard InChI is InChI=1S/C12H14N2O3S/c1-14-8-2-3-10(14)9-13-18(16,17)12-6-4-11(15)5-7-12/h2-8,13,15H,9H2,1H3. The van der Waals surface area contributed by atoms with Gasteiger partial charge in [0.15, 0.2) is 0 Å². The van der Waals surface area contributed by atoms with Crippen LogP contribution in [0.2, 0.25) is 0 Å². The average molecular weight is 266 g/mol. The fraction of sp³-hybridized carbons (Fsp3) is 0.167. The molecule has 0 bridgehead atoms. The van der Waals surface area contributed by atoms with E-state index in [0.717, 1.165) is 5.69 Å². The lowest BCUT2D eigenvalue weighted by atomic mass is 10.3. The van der Waals surface area contributed by atoms with Crippen molar-refractivity contribution in [3.63, 3.8) is 0 Å². The number of nitrogens with one attached hydrogen (secondary N) is 1. The molecular weight excluding hydrogens is 252 g/mol. The Bertz CT molecular complexity index is 630. The van der Waals surface area contributed by atoms with Crippen LogP contribution in [0, 0.1) is 0 Å². The Balaban J connectivity index is 2.13. The Kier molecular flexibility index (Phi) is 3.40. The van der Waals surface area contributed by atoms with Crippen molar-refractivity contribution in [2.24, 2.45) is 7.05 Å². The lowest BCUT2D eigenvalue weighted by Gasteiger charge is -2.07. The van der Waals surface area contributed by atoms with Crippen molar-refractivity contribution in [2.45, 2.75) is 11.4 Å². The SMILES string of the molecule is Cn1cccc1CNS(=O)(=O)c1ccc(O)cc1. The third-order valence-corrected chi connectivity index (χ3v) is 4.06. The maximum Gasteiger partial charge on any atom is 0.240 e. The second-order valence-corrected chi connectivity index (χ2v) is 5.70. The van der Waals surface area contributed by atoms with E-state index >= 15 is 0 Å². The van der Waals surface area contributed by atoms with Gasteiger partial charge >= 0.3 is 0 Å². The average Bonchev–Trinajstić information content (AvgIpc) is 2.73. The van der Waals surface area contributed by atoms with Gasteiger partial charge in [0.05, 0.1) is 11.4 Å². The summed E-state index contributed by atoms with van der Waals surface area (Å²) in [5.41, 5.74) is 0.873. The van der Waals surface area contributed by atoms with Gasteiger partial charge in [-0.2, -0.15) is 0 Å². The molecule has 0 unspecified atom stereocenters. The van der Waals surface area contributed by atoms with Crippen LogP contribution in [0.25, 0.3) is 0 Å². The smallest absolute Gasteiger partial charge is 0.240 e. The number of sulfonamides is 1. The molecule has 0 amide bonds. The van der Waals surface area contributed by atoms with Crippen LogP contribution in [0.1, 0.15) is 5.69 Å². The van der Waals surface area contributed by atoms with Crippen LogP contribution in [-0.2, 0) is 23.6 Å². The molecule has 96 valence electrons. The number of aryl methyl sites for hydroxylation is 1. The number of hydrogen-bond donors (Lipinski definition) is 2. The molecular formula is C12H14N2O3S. The Morgan fingerprint density at radius 3 is 2.44 bits per heavy atom. The zero-order chi connectivity index (χ0) is 13.2. The van der Waals surface area contributed by atoms with Gasteiger partial charge in [-0.05, 0) is 36.4 Å². The molecule has 0 saturated heterocycles. The van der Waals surface area contributed by atoms with Gasteiger partial charge in [-0.1, -0.05) is 0 Å². The number of phenolic OH excluding ortho intramolecular Hbond substituents is 1. The summed E-state index contributed by atoms with van der Waals surface area (Å²) in [6, 6.07) is 9.11. The molecule has 2 rings (SSSR count). The molecule has 6 heteroatoms. The van der Waals surface area contributed by atoms with Crippen LogP contribution >= 0.6 is 0 Å². The Labute approximate surface area is 106 Å². The maximum absolute atomic E-state index is 11.9. The lowest BCUT2D eigenvalue weighted by Crippen LogP contribution is -2.24. The van der Waals surface area contributed by atoms with Crippen LogP contribution < -0.4 is 4.72 Å². The van der Waals surface area contributed by atoms with Crippen LogP contribution in [0.5, 0.6) is 5.75 Å². The second-order valence-electron chi connectivity index (χ2n) is 3.93. The largest absolute Gasteiger partial charge is 0.508 e. The number of aromatic hydroxyl groups is 1. The van der Waals surface area contributed by atoms with Gasteiger partial charge < -0.3 is 9.67 Å². The highest BCUT2D eigenvalue weighted by Gasteiger charge is 2.13. The van der Waals surface area contributed by atoms with Gasteiger partial charge in [-0.3, -0.25) is 0 Å². The molecule has 0 saturated carbocycles. The molecule has 0 aliphatic heterocycles. The minimum absolute atomic E-state index is 0.0383. The zero-order valence-corrected chi connectivity index (χ0v) is 10.7. The minimum Gasteiger partial charge on any atom is -0.508 e. The van der Waals surface area contributed by atoms with Gasteiger partial charge in [0, 0.05) is 18.9 Å². The fourth-order valence-electron chi connectivity index (χ4n) is 1.56. The number of hydrogen-bond acceptors (Lipinski definition) is 3. The normalized spacial score (nSPS) is 11.6. The number of benzene rings is 1. The summed E-state index contributed by atoms with van der Waals surface area (Å²) in [6.07, 6.45) is 1.85. The molecule has 0 radical (unpaired) electrons. The third-order valence-electron chi connectivity index (χ3n) is 2.64. The van der Waals surface area contributed by atoms with Gasteiger partial charge in [0.25, 0.3) is 0 Å². The van der Waals surface area contributed by atoms with Crippen molar-refractivity contribution >= 4 is 10.0 Å². The highest BCUT2D eigenvalue weighted by Crippen LogP contribution is 2.14. The van der Waals surface area contributed by atoms with E-state index in [1.54, 1.807) is 0 Å². The molecule has 2 N–H and O–H groups in total. The summed E-state index contributed by atoms with van der Waals surface area (Å²) >= 11 is 0. The summed E-state index contributed by atoms with van der Waals surface area (Å²) in [7, 11) is -1.69. The van der Waals surface area contributed by atoms with Crippen molar-refractivity contribution in [2.75, 3.05) is 0 Å². The van der Waals surface area contributed by atoms with Crippen LogP contribution in [0.15, 0.2) is 47.5 Å². The zero-order valence-electron chi connectivity index (χ0n) is 9.87. The van der Waals surface area contributed by atoms with E-state index in [2.05, 4.69) is 4.72 Å². The molecule has 1 heterocycles. The Hall–Kier alpha value is -1.79. The maximum atomic E-state index is 11.9. The van der Waals surface area contributed by atoms with Gasteiger partial charge in [0.2, 0.25) is 10.0 Å². The van der Waals surface area contributed by atoms with Crippen molar-refractivity contribution in [3.8, 4) is 5.75 Å². The lowest BCUT2D eigenvalue weighted by molar-refractivity contribution is 0.474. The first-order valence-electron chi connectivity index (χ1n) is 5.38. The van der Waals surface area contributed by atoms with Crippen LogP contribution in [-0.4, -0.2) is 18.1 Å². The first-order chi connectivity index (χ1) is 8.49. The van der Waals surface area contributed by atoms with Crippen molar-refractivity contribution in [3.05, 3.63) is 48.3 Å². The molecule has 2 aromatic rings. The quantitative estimate of drug-likeness (QED) is 0.873. The van der Waals surface area contributed by atoms with Crippen LogP contribution in [0.3, 0.4) is 0 Å². The fourth-order valence-corrected chi connectivity index (χ4v) is 2.56. The van der Waals surface area contributed by atoms with Crippen molar-refractivity contribution in [1.82, 2.24) is 9.29 Å². The number of aromatic nitrogens is 1. The predicted octanol–water partition coefficient (Wildman–Crippen LogP) is 1.21. The Morgan fingerprint density at radius 2 is 1.89 bits per heavy atom. The van der Waals surface area contributed by atoms with Gasteiger partial charge in [-0.15, -0.1) is 0 Å². The minimum atomic E-state index is -3.54. The summed E-state index contributed by atoms with van der Waals surface area (Å²) in [6.45, 7) is 0.229. The van der Waals surface area contributed by atoms with E-state index in [0.29, 0.717) is 0 Å². The first-order valence-corrected chi connectivity index (χ1v) is 6.86. The molecule has 0 aliphatic rings. The molecule has 1 aromatic heterocycles. The molecule has 1 aromatic carbocycles. The van der Waals surface area contributed by atoms with E-state index in [1.165, 1.54) is 24.3 Å². The topological polar surface area (TPSA) is 71.3 Å². The van der Waals surface area contributed by atoms with Crippen molar-refractivity contribution in [1.29, 1.82) is 0 Å². The van der Waals surface area contributed by atoms with Gasteiger partial charge in [-0.25, -0.2) is 13.1 Å². The van der Waals surface area contributed by atoms with E-state index in [-0.39, 0.29) is 17.2 Å². The summed E-state index contributed by atoms with van der Waals surface area (Å²) in [4.78, 5) is 0.134. The highest BCUT2D eigenvalue weighted by molar-refractivity contribution is 7.89. The number of nitrogens with zero attached hydrogens (tertiary/aromatic N) is 1. The van der Waals surface area contributed by atoms with Crippen LogP contribution in [0.4, 0.5) is 0 Å². The number of phenols is 1. The summed E-state index contributed by atoms with van der Waals surface area (Å²) in [5.74, 6) is 0.0383. The number of rotatable bonds is 4. The summed E-state index contributed by atoms with van der Waals surface area (Å²) in [5, 5.41) is 9.12. The Morgan fingerprint density at radius 1 is 1.22 bits per heavy atom. The molecule has 0 spiro atoms. The molecule has 0 aliphatic carbocycles. The summed E-state index contributed by atoms with van der Waals surface area (Å²) < 4.78 is 28.3. The first kappa shape index (κ1) is 12.7. The van der Waals surface area contributed by atoms with E-state index in [4.69, 9.17) is 5.11 Å². The van der Waals surface area contributed by atoms with E-state index in [9.17, 15) is 8.42 Å². The van der Waals surface area contributed by atoms with E-state index < -0.39 is 10.0 Å². The predicted molar refractivity (Wildman–Crippen MR) is 67.5 cm³/mol. The molecule has 0 fully saturated rings. The third kappa shape index (κ3) is 2.72. The molecule has 18 heavy (non-hydrogen) atoms. The van der Waals surface area contributed by atoms with Gasteiger partial charge in [0.1, 0.15) is 5.75 Å². The monoisotopic (exact) mass is 266 g/mol. The van der Waals surface area contributed by atoms with E-state index in [1.807, 2.05) is 29.9 Å². The second kappa shape index (κ2) is 4.83. The molecule has 5 nitrogen and oxygen atoms in total. The highest BCUT2D eigenvalue weighted by atomic mass is 32.2. The van der Waals surface area contributed by atoms with Crippen molar-refractivity contribution < 1.29 is 13.5 Å². The molecule has 0 atom stereocenters.